The average molecular weight is 452 g/mol. The minimum atomic E-state index is -4.36. The molecule has 2 aromatic carbocycles. The Morgan fingerprint density at radius 2 is 1.62 bits per heavy atom. The number of aromatic nitrogens is 2. The van der Waals surface area contributed by atoms with Crippen molar-refractivity contribution in [1.29, 1.82) is 0 Å². The van der Waals surface area contributed by atoms with Gasteiger partial charge in [0.1, 0.15) is 0 Å². The molecule has 3 aromatic rings. The number of rotatable bonds is 3. The van der Waals surface area contributed by atoms with E-state index < -0.39 is 11.7 Å². The Labute approximate surface area is 188 Å². The highest BCUT2D eigenvalue weighted by Crippen LogP contribution is 2.36. The van der Waals surface area contributed by atoms with Gasteiger partial charge >= 0.3 is 6.18 Å². The molecule has 7 heteroatoms. The van der Waals surface area contributed by atoms with Gasteiger partial charge in [-0.15, -0.1) is 0 Å². The molecule has 0 unspecified atom stereocenters. The third kappa shape index (κ3) is 3.78. The molecule has 0 radical (unpaired) electrons. The van der Waals surface area contributed by atoms with Gasteiger partial charge in [0.05, 0.1) is 23.1 Å². The van der Waals surface area contributed by atoms with E-state index in [0.29, 0.717) is 11.4 Å². The van der Waals surface area contributed by atoms with Crippen LogP contribution in [0.25, 0.3) is 17.0 Å². The molecule has 0 aliphatic carbocycles. The van der Waals surface area contributed by atoms with Gasteiger partial charge in [-0.1, -0.05) is 35.9 Å². The molecule has 0 bridgehead atoms. The summed E-state index contributed by atoms with van der Waals surface area (Å²) in [5.41, 5.74) is 4.58. The van der Waals surface area contributed by atoms with E-state index in [1.54, 1.807) is 6.20 Å². The normalized spacial score (nSPS) is 15.8. The Bertz CT molecular complexity index is 1280. The van der Waals surface area contributed by atoms with Crippen LogP contribution in [0, 0.1) is 0 Å². The molecular weight excluding hydrogens is 435 g/mol. The van der Waals surface area contributed by atoms with Crippen LogP contribution in [0.2, 0.25) is 5.02 Å². The molecule has 0 amide bonds. The van der Waals surface area contributed by atoms with E-state index in [9.17, 15) is 13.2 Å². The molecule has 160 valence electrons. The van der Waals surface area contributed by atoms with Crippen LogP contribution in [0.15, 0.2) is 97.0 Å². The molecule has 0 saturated carbocycles. The zero-order valence-electron chi connectivity index (χ0n) is 16.7. The Morgan fingerprint density at radius 1 is 0.875 bits per heavy atom. The number of nitrogens with zero attached hydrogens (tertiary/aromatic N) is 3. The van der Waals surface area contributed by atoms with Crippen molar-refractivity contribution >= 4 is 22.9 Å². The topological polar surface area (TPSA) is 21.1 Å². The molecule has 3 heterocycles. The lowest BCUT2D eigenvalue weighted by atomic mass is 10.0. The first-order chi connectivity index (χ1) is 15.4. The maximum Gasteiger partial charge on any atom is 0.416 e. The van der Waals surface area contributed by atoms with E-state index in [1.165, 1.54) is 12.1 Å². The maximum absolute atomic E-state index is 13.0. The van der Waals surface area contributed by atoms with Crippen LogP contribution in [0.4, 0.5) is 13.2 Å². The molecule has 0 atom stereocenters. The summed E-state index contributed by atoms with van der Waals surface area (Å²) in [5, 5.41) is 5.10. The fraction of sp³-hybridized carbons (Fsp3) is 0.0800. The number of fused-ring (bicyclic) bond motifs is 1. The highest BCUT2D eigenvalue weighted by molar-refractivity contribution is 6.30. The van der Waals surface area contributed by atoms with Crippen LogP contribution in [0.5, 0.6) is 0 Å². The van der Waals surface area contributed by atoms with Crippen molar-refractivity contribution in [2.45, 2.75) is 12.6 Å². The summed E-state index contributed by atoms with van der Waals surface area (Å²) in [6.07, 6.45) is 8.17. The van der Waals surface area contributed by atoms with Gasteiger partial charge < -0.3 is 4.90 Å². The first kappa shape index (κ1) is 20.4. The van der Waals surface area contributed by atoms with Gasteiger partial charge in [-0.25, -0.2) is 4.68 Å². The minimum absolute atomic E-state index is 0.647. The summed E-state index contributed by atoms with van der Waals surface area (Å²) >= 11 is 6.01. The largest absolute Gasteiger partial charge is 0.416 e. The summed E-state index contributed by atoms with van der Waals surface area (Å²) in [6.45, 7) is 0. The smallest absolute Gasteiger partial charge is 0.317 e. The van der Waals surface area contributed by atoms with Crippen LogP contribution in [-0.2, 0) is 6.18 Å². The maximum atomic E-state index is 13.0. The number of hydrogen-bond acceptors (Lipinski definition) is 2. The van der Waals surface area contributed by atoms with Crippen molar-refractivity contribution in [3.8, 4) is 5.69 Å². The van der Waals surface area contributed by atoms with Crippen LogP contribution < -0.4 is 0 Å². The predicted octanol–water partition coefficient (Wildman–Crippen LogP) is 7.09. The molecular formula is C25H17ClF3N3. The van der Waals surface area contributed by atoms with Crippen molar-refractivity contribution in [2.24, 2.45) is 0 Å². The van der Waals surface area contributed by atoms with Crippen LogP contribution >= 0.6 is 11.6 Å². The van der Waals surface area contributed by atoms with Gasteiger partial charge in [0.15, 0.2) is 0 Å². The SMILES string of the molecule is FC(F)(F)c1ccc(C2=CCC=C3C=CC(c4ccnn4-c4ccc(Cl)cc4)=CN32)cc1. The van der Waals surface area contributed by atoms with Gasteiger partial charge in [0, 0.05) is 28.2 Å². The molecule has 2 aliphatic heterocycles. The number of benzene rings is 2. The average Bonchev–Trinajstić information content (AvgIpc) is 3.28. The first-order valence-electron chi connectivity index (χ1n) is 9.97. The van der Waals surface area contributed by atoms with Crippen molar-refractivity contribution in [1.82, 2.24) is 14.7 Å². The second-order valence-corrected chi connectivity index (χ2v) is 7.86. The second-order valence-electron chi connectivity index (χ2n) is 7.42. The lowest BCUT2D eigenvalue weighted by Crippen LogP contribution is -2.20. The molecule has 32 heavy (non-hydrogen) atoms. The fourth-order valence-corrected chi connectivity index (χ4v) is 3.95. The predicted molar refractivity (Wildman–Crippen MR) is 120 cm³/mol. The van der Waals surface area contributed by atoms with Gasteiger partial charge in [0.25, 0.3) is 0 Å². The minimum Gasteiger partial charge on any atom is -0.317 e. The molecule has 0 spiro atoms. The van der Waals surface area contributed by atoms with Crippen LogP contribution in [0.3, 0.4) is 0 Å². The number of allylic oxidation sites excluding steroid dienone is 5. The third-order valence-electron chi connectivity index (χ3n) is 5.40. The van der Waals surface area contributed by atoms with Crippen molar-refractivity contribution in [2.75, 3.05) is 0 Å². The van der Waals surface area contributed by atoms with E-state index in [-0.39, 0.29) is 0 Å². The third-order valence-corrected chi connectivity index (χ3v) is 5.65. The van der Waals surface area contributed by atoms with Crippen molar-refractivity contribution in [3.63, 3.8) is 0 Å². The summed E-state index contributed by atoms with van der Waals surface area (Å²) < 4.78 is 40.7. The van der Waals surface area contributed by atoms with E-state index >= 15 is 0 Å². The zero-order valence-corrected chi connectivity index (χ0v) is 17.5. The Morgan fingerprint density at radius 3 is 2.34 bits per heavy atom. The summed E-state index contributed by atoms with van der Waals surface area (Å²) in [7, 11) is 0. The molecule has 0 fully saturated rings. The highest BCUT2D eigenvalue weighted by atomic mass is 35.5. The summed E-state index contributed by atoms with van der Waals surface area (Å²) in [6, 6.07) is 14.6. The van der Waals surface area contributed by atoms with Gasteiger partial charge in [-0.2, -0.15) is 18.3 Å². The highest BCUT2D eigenvalue weighted by Gasteiger charge is 2.30. The summed E-state index contributed by atoms with van der Waals surface area (Å²) in [4.78, 5) is 2.00. The van der Waals surface area contributed by atoms with E-state index in [4.69, 9.17) is 11.6 Å². The first-order valence-corrected chi connectivity index (χ1v) is 10.4. The van der Waals surface area contributed by atoms with Crippen LogP contribution in [0.1, 0.15) is 23.2 Å². The Balaban J connectivity index is 1.50. The van der Waals surface area contributed by atoms with E-state index in [1.807, 2.05) is 64.3 Å². The lowest BCUT2D eigenvalue weighted by Gasteiger charge is -2.31. The fourth-order valence-electron chi connectivity index (χ4n) is 3.83. The molecule has 2 aliphatic rings. The molecule has 5 rings (SSSR count). The molecule has 3 nitrogen and oxygen atoms in total. The zero-order chi connectivity index (χ0) is 22.3. The monoisotopic (exact) mass is 451 g/mol. The van der Waals surface area contributed by atoms with Crippen LogP contribution in [-0.4, -0.2) is 14.7 Å². The number of halogens is 4. The van der Waals surface area contributed by atoms with Gasteiger partial charge in [0.2, 0.25) is 0 Å². The number of alkyl halides is 3. The van der Waals surface area contributed by atoms with Crippen molar-refractivity contribution < 1.29 is 13.2 Å². The van der Waals surface area contributed by atoms with E-state index in [0.717, 1.165) is 46.0 Å². The molecule has 0 saturated heterocycles. The van der Waals surface area contributed by atoms with Crippen molar-refractivity contribution in [3.05, 3.63) is 119 Å². The summed E-state index contributed by atoms with van der Waals surface area (Å²) in [5.74, 6) is 0. The molecule has 0 N–H and O–H groups in total. The van der Waals surface area contributed by atoms with Gasteiger partial charge in [-0.3, -0.25) is 0 Å². The Kier molecular flexibility index (Phi) is 5.02. The Hall–Kier alpha value is -3.51. The van der Waals surface area contributed by atoms with E-state index in [2.05, 4.69) is 11.2 Å². The standard InChI is InChI=1S/C25H17ClF3N3/c26-20-9-12-22(13-10-20)32-24(14-15-30-32)18-6-11-21-2-1-3-23(31(21)16-18)17-4-7-19(8-5-17)25(27,28)29/h2-16H,1H2. The lowest BCUT2D eigenvalue weighted by molar-refractivity contribution is -0.137. The number of hydrogen-bond donors (Lipinski definition) is 0. The molecule has 1 aromatic heterocycles. The quantitative estimate of drug-likeness (QED) is 0.424. The van der Waals surface area contributed by atoms with Gasteiger partial charge in [-0.05, 0) is 66.6 Å². The second kappa shape index (κ2) is 7.88.